The van der Waals surface area contributed by atoms with Crippen molar-refractivity contribution in [3.8, 4) is 5.75 Å². The normalized spacial score (nSPS) is 10.8. The number of hydrogen-bond donors (Lipinski definition) is 3. The zero-order valence-corrected chi connectivity index (χ0v) is 11.7. The molecule has 0 saturated carbocycles. The second-order valence-corrected chi connectivity index (χ2v) is 5.81. The number of ether oxygens (including phenoxy) is 1. The van der Waals surface area contributed by atoms with Crippen LogP contribution in [0.2, 0.25) is 0 Å². The molecule has 100 valence electrons. The first-order valence-corrected chi connectivity index (χ1v) is 7.30. The van der Waals surface area contributed by atoms with Crippen molar-refractivity contribution in [2.24, 2.45) is 5.73 Å². The van der Waals surface area contributed by atoms with E-state index in [2.05, 4.69) is 10.0 Å². The second kappa shape index (κ2) is 5.87. The highest BCUT2D eigenvalue weighted by Gasteiger charge is 2.08. The number of rotatable bonds is 5. The van der Waals surface area contributed by atoms with Crippen LogP contribution in [0.15, 0.2) is 18.2 Å². The lowest BCUT2D eigenvalue weighted by atomic mass is 10.2. The summed E-state index contributed by atoms with van der Waals surface area (Å²) in [4.78, 5) is 0. The molecule has 1 aromatic rings. The maximum absolute atomic E-state index is 11.2. The maximum Gasteiger partial charge on any atom is 0.229 e. The van der Waals surface area contributed by atoms with Gasteiger partial charge in [-0.3, -0.25) is 4.72 Å². The summed E-state index contributed by atoms with van der Waals surface area (Å²) in [5, 5.41) is 3.00. The summed E-state index contributed by atoms with van der Waals surface area (Å²) in [6, 6.07) is 5.08. The Kier molecular flexibility index (Phi) is 4.74. The van der Waals surface area contributed by atoms with E-state index >= 15 is 0 Å². The molecule has 0 amide bonds. The summed E-state index contributed by atoms with van der Waals surface area (Å²) >= 11 is 4.70. The van der Waals surface area contributed by atoms with Gasteiger partial charge in [0.25, 0.3) is 0 Å². The molecule has 0 aliphatic carbocycles. The minimum absolute atomic E-state index is 0.201. The number of nitrogens with one attached hydrogen (secondary N) is 2. The Bertz CT molecular complexity index is 543. The summed E-state index contributed by atoms with van der Waals surface area (Å²) in [5.41, 5.74) is 6.58. The summed E-state index contributed by atoms with van der Waals surface area (Å²) in [6.07, 6.45) is 1.08. The Morgan fingerprint density at radius 2 is 2.17 bits per heavy atom. The van der Waals surface area contributed by atoms with Gasteiger partial charge in [-0.2, -0.15) is 0 Å². The van der Waals surface area contributed by atoms with Gasteiger partial charge >= 0.3 is 0 Å². The van der Waals surface area contributed by atoms with Crippen LogP contribution in [0.5, 0.6) is 5.75 Å². The largest absolute Gasteiger partial charge is 0.495 e. The number of benzene rings is 1. The van der Waals surface area contributed by atoms with Crippen molar-refractivity contribution in [2.45, 2.75) is 6.54 Å². The summed E-state index contributed by atoms with van der Waals surface area (Å²) < 4.78 is 29.8. The maximum atomic E-state index is 11.2. The van der Waals surface area contributed by atoms with Crippen molar-refractivity contribution < 1.29 is 13.2 Å². The standard InChI is InChI=1S/C10H15N3O3S2/c1-16-9-5-7(6-12-10(11)17)3-4-8(9)13-18(2,14)15/h3-5,13H,6H2,1-2H3,(H3,11,12,17). The fraction of sp³-hybridized carbons (Fsp3) is 0.300. The Morgan fingerprint density at radius 1 is 1.50 bits per heavy atom. The summed E-state index contributed by atoms with van der Waals surface area (Å²) in [5.74, 6) is 0.433. The van der Waals surface area contributed by atoms with Crippen LogP contribution in [0.3, 0.4) is 0 Å². The van der Waals surface area contributed by atoms with E-state index in [0.717, 1.165) is 11.8 Å². The van der Waals surface area contributed by atoms with Crippen LogP contribution in [0.1, 0.15) is 5.56 Å². The molecule has 0 heterocycles. The first kappa shape index (κ1) is 14.5. The lowest BCUT2D eigenvalue weighted by Gasteiger charge is -2.12. The molecule has 0 spiro atoms. The van der Waals surface area contributed by atoms with E-state index in [1.165, 1.54) is 7.11 Å². The van der Waals surface area contributed by atoms with E-state index in [4.69, 9.17) is 22.7 Å². The van der Waals surface area contributed by atoms with Gasteiger partial charge < -0.3 is 15.8 Å². The molecular weight excluding hydrogens is 274 g/mol. The smallest absolute Gasteiger partial charge is 0.229 e. The molecule has 1 aromatic carbocycles. The minimum atomic E-state index is -3.33. The predicted molar refractivity (Wildman–Crippen MR) is 75.1 cm³/mol. The highest BCUT2D eigenvalue weighted by molar-refractivity contribution is 7.92. The molecule has 8 heteroatoms. The third-order valence-corrected chi connectivity index (χ3v) is 2.76. The van der Waals surface area contributed by atoms with E-state index in [-0.39, 0.29) is 5.11 Å². The van der Waals surface area contributed by atoms with Gasteiger partial charge in [0.15, 0.2) is 5.11 Å². The molecular formula is C10H15N3O3S2. The van der Waals surface area contributed by atoms with Gasteiger partial charge in [0.2, 0.25) is 10.0 Å². The van der Waals surface area contributed by atoms with Crippen LogP contribution in [-0.4, -0.2) is 26.9 Å². The SMILES string of the molecule is COc1cc(CNC(N)=S)ccc1NS(C)(=O)=O. The Balaban J connectivity index is 2.93. The number of sulfonamides is 1. The zero-order valence-electron chi connectivity index (χ0n) is 10.1. The van der Waals surface area contributed by atoms with E-state index in [9.17, 15) is 8.42 Å². The third kappa shape index (κ3) is 4.76. The van der Waals surface area contributed by atoms with E-state index in [1.54, 1.807) is 18.2 Å². The fourth-order valence-electron chi connectivity index (χ4n) is 1.32. The van der Waals surface area contributed by atoms with Crippen LogP contribution in [0, 0.1) is 0 Å². The zero-order chi connectivity index (χ0) is 13.8. The van der Waals surface area contributed by atoms with Gasteiger partial charge in [-0.25, -0.2) is 8.42 Å². The second-order valence-electron chi connectivity index (χ2n) is 3.63. The van der Waals surface area contributed by atoms with Gasteiger partial charge in [-0.1, -0.05) is 6.07 Å². The lowest BCUT2D eigenvalue weighted by molar-refractivity contribution is 0.416. The monoisotopic (exact) mass is 289 g/mol. The molecule has 4 N–H and O–H groups in total. The van der Waals surface area contributed by atoms with Crippen LogP contribution < -0.4 is 20.5 Å². The number of anilines is 1. The first-order valence-electron chi connectivity index (χ1n) is 5.00. The Labute approximate surface area is 112 Å². The Morgan fingerprint density at radius 3 is 2.67 bits per heavy atom. The highest BCUT2D eigenvalue weighted by atomic mass is 32.2. The van der Waals surface area contributed by atoms with Crippen LogP contribution in [0.25, 0.3) is 0 Å². The molecule has 1 rings (SSSR count). The predicted octanol–water partition coefficient (Wildman–Crippen LogP) is 0.400. The minimum Gasteiger partial charge on any atom is -0.495 e. The molecule has 0 bridgehead atoms. The fourth-order valence-corrected chi connectivity index (χ4v) is 1.96. The van der Waals surface area contributed by atoms with Gasteiger partial charge in [0, 0.05) is 6.54 Å². The van der Waals surface area contributed by atoms with Gasteiger partial charge in [-0.05, 0) is 29.9 Å². The van der Waals surface area contributed by atoms with Crippen molar-refractivity contribution in [1.82, 2.24) is 5.32 Å². The molecule has 0 atom stereocenters. The quantitative estimate of drug-likeness (QED) is 0.679. The van der Waals surface area contributed by atoms with Crippen molar-refractivity contribution in [3.63, 3.8) is 0 Å². The average Bonchev–Trinajstić information content (AvgIpc) is 2.25. The van der Waals surface area contributed by atoms with Gasteiger partial charge in [0.1, 0.15) is 5.75 Å². The molecule has 6 nitrogen and oxygen atoms in total. The molecule has 18 heavy (non-hydrogen) atoms. The highest BCUT2D eigenvalue weighted by Crippen LogP contribution is 2.26. The summed E-state index contributed by atoms with van der Waals surface area (Å²) in [7, 11) is -1.87. The van der Waals surface area contributed by atoms with Gasteiger partial charge in [-0.15, -0.1) is 0 Å². The number of methoxy groups -OCH3 is 1. The molecule has 0 aliphatic rings. The van der Waals surface area contributed by atoms with Crippen molar-refractivity contribution >= 4 is 33.0 Å². The third-order valence-electron chi connectivity index (χ3n) is 2.03. The van der Waals surface area contributed by atoms with Crippen LogP contribution in [-0.2, 0) is 16.6 Å². The van der Waals surface area contributed by atoms with E-state index in [0.29, 0.717) is 18.0 Å². The average molecular weight is 289 g/mol. The first-order chi connectivity index (χ1) is 8.31. The molecule has 0 unspecified atom stereocenters. The number of nitrogens with two attached hydrogens (primary N) is 1. The molecule has 0 aliphatic heterocycles. The van der Waals surface area contributed by atoms with Crippen molar-refractivity contribution in [2.75, 3.05) is 18.1 Å². The topological polar surface area (TPSA) is 93.4 Å². The van der Waals surface area contributed by atoms with E-state index < -0.39 is 10.0 Å². The molecule has 0 saturated heterocycles. The molecule has 0 aromatic heterocycles. The van der Waals surface area contributed by atoms with Crippen LogP contribution >= 0.6 is 12.2 Å². The molecule has 0 radical (unpaired) electrons. The van der Waals surface area contributed by atoms with Crippen molar-refractivity contribution in [3.05, 3.63) is 23.8 Å². The van der Waals surface area contributed by atoms with E-state index in [1.807, 2.05) is 0 Å². The number of thiocarbonyl (C=S) groups is 1. The number of hydrogen-bond acceptors (Lipinski definition) is 4. The molecule has 0 fully saturated rings. The van der Waals surface area contributed by atoms with Crippen LogP contribution in [0.4, 0.5) is 5.69 Å². The van der Waals surface area contributed by atoms with Gasteiger partial charge in [0.05, 0.1) is 19.1 Å². The Hall–Kier alpha value is -1.54. The lowest BCUT2D eigenvalue weighted by Crippen LogP contribution is -2.28. The summed E-state index contributed by atoms with van der Waals surface area (Å²) in [6.45, 7) is 0.449. The van der Waals surface area contributed by atoms with Crippen molar-refractivity contribution in [1.29, 1.82) is 0 Å².